The summed E-state index contributed by atoms with van der Waals surface area (Å²) in [6, 6.07) is 22.2. The lowest BCUT2D eigenvalue weighted by Gasteiger charge is -2.31. The van der Waals surface area contributed by atoms with Crippen LogP contribution >= 0.6 is 0 Å². The summed E-state index contributed by atoms with van der Waals surface area (Å²) >= 11 is 0. The number of hydrogen-bond donors (Lipinski definition) is 0. The lowest BCUT2D eigenvalue weighted by molar-refractivity contribution is 0.199. The molecule has 0 N–H and O–H groups in total. The van der Waals surface area contributed by atoms with Crippen molar-refractivity contribution in [1.82, 2.24) is 4.90 Å². The highest BCUT2D eigenvalue weighted by Gasteiger charge is 2.18. The molecule has 1 nitrogen and oxygen atoms in total. The zero-order valence-corrected chi connectivity index (χ0v) is 11.4. The molecule has 0 unspecified atom stereocenters. The quantitative estimate of drug-likeness (QED) is 0.762. The molecule has 0 heterocycles. The second-order valence-corrected chi connectivity index (χ2v) is 4.84. The zero-order valence-electron chi connectivity index (χ0n) is 11.4. The second kappa shape index (κ2) is 5.83. The molecular weight excluding hydrogens is 218 g/mol. The molecule has 0 spiro atoms. The van der Waals surface area contributed by atoms with E-state index in [0.29, 0.717) is 12.1 Å². The van der Waals surface area contributed by atoms with E-state index in [2.05, 4.69) is 86.5 Å². The van der Waals surface area contributed by atoms with Crippen LogP contribution in [0.25, 0.3) is 0 Å². The highest BCUT2D eigenvalue weighted by atomic mass is 15.1. The van der Waals surface area contributed by atoms with E-state index in [-0.39, 0.29) is 0 Å². The van der Waals surface area contributed by atoms with Gasteiger partial charge in [-0.2, -0.15) is 0 Å². The molecule has 0 aromatic heterocycles. The van der Waals surface area contributed by atoms with Gasteiger partial charge in [-0.15, -0.1) is 0 Å². The molecule has 94 valence electrons. The van der Waals surface area contributed by atoms with E-state index in [0.717, 1.165) is 0 Å². The molecule has 0 fully saturated rings. The first-order valence-electron chi connectivity index (χ1n) is 6.52. The molecule has 0 saturated heterocycles. The Morgan fingerprint density at radius 2 is 1.00 bits per heavy atom. The summed E-state index contributed by atoms with van der Waals surface area (Å²) in [5.41, 5.74) is 2.73. The highest BCUT2D eigenvalue weighted by Crippen LogP contribution is 2.27. The van der Waals surface area contributed by atoms with Gasteiger partial charge in [-0.3, -0.25) is 4.90 Å². The van der Waals surface area contributed by atoms with Gasteiger partial charge < -0.3 is 0 Å². The minimum absolute atomic E-state index is 0.418. The summed E-state index contributed by atoms with van der Waals surface area (Å²) < 4.78 is 0. The van der Waals surface area contributed by atoms with E-state index < -0.39 is 0 Å². The van der Waals surface area contributed by atoms with E-state index in [4.69, 9.17) is 0 Å². The van der Waals surface area contributed by atoms with Crippen molar-refractivity contribution in [2.75, 3.05) is 7.05 Å². The van der Waals surface area contributed by atoms with Crippen molar-refractivity contribution >= 4 is 0 Å². The summed E-state index contributed by atoms with van der Waals surface area (Å²) in [5, 5.41) is 0. The van der Waals surface area contributed by atoms with Gasteiger partial charge in [-0.25, -0.2) is 0 Å². The molecule has 0 amide bonds. The average molecular weight is 239 g/mol. The van der Waals surface area contributed by atoms with E-state index in [1.165, 1.54) is 11.1 Å². The van der Waals surface area contributed by atoms with Crippen molar-refractivity contribution in [3.05, 3.63) is 71.8 Å². The normalized spacial score (nSPS) is 14.4. The monoisotopic (exact) mass is 239 g/mol. The van der Waals surface area contributed by atoms with E-state index in [1.807, 2.05) is 0 Å². The van der Waals surface area contributed by atoms with Crippen LogP contribution in [-0.2, 0) is 0 Å². The van der Waals surface area contributed by atoms with Crippen LogP contribution in [0.1, 0.15) is 37.1 Å². The Hall–Kier alpha value is -1.60. The molecule has 0 saturated carbocycles. The van der Waals surface area contributed by atoms with Crippen LogP contribution in [0.4, 0.5) is 0 Å². The van der Waals surface area contributed by atoms with Crippen LogP contribution in [-0.4, -0.2) is 11.9 Å². The van der Waals surface area contributed by atoms with Gasteiger partial charge in [0, 0.05) is 12.1 Å². The van der Waals surface area contributed by atoms with Crippen LogP contribution in [0.5, 0.6) is 0 Å². The molecule has 2 aromatic carbocycles. The molecule has 2 rings (SSSR count). The number of rotatable bonds is 4. The zero-order chi connectivity index (χ0) is 13.0. The maximum atomic E-state index is 2.41. The van der Waals surface area contributed by atoms with Crippen molar-refractivity contribution in [3.8, 4) is 0 Å². The fourth-order valence-electron chi connectivity index (χ4n) is 2.27. The molecule has 2 atom stereocenters. The minimum atomic E-state index is 0.418. The van der Waals surface area contributed by atoms with Crippen molar-refractivity contribution in [2.24, 2.45) is 0 Å². The Morgan fingerprint density at radius 3 is 1.33 bits per heavy atom. The summed E-state index contributed by atoms with van der Waals surface area (Å²) in [6.45, 7) is 4.52. The SMILES string of the molecule is C[C@H](c1ccccc1)N(C)[C@H](C)c1ccccc1. The smallest absolute Gasteiger partial charge is 0.0322 e. The third-order valence-corrected chi connectivity index (χ3v) is 3.79. The summed E-state index contributed by atoms with van der Waals surface area (Å²) in [7, 11) is 2.19. The average Bonchev–Trinajstić information content (AvgIpc) is 2.47. The van der Waals surface area contributed by atoms with Gasteiger partial charge in [-0.05, 0) is 32.0 Å². The third-order valence-electron chi connectivity index (χ3n) is 3.79. The van der Waals surface area contributed by atoms with Crippen molar-refractivity contribution < 1.29 is 0 Å². The molecule has 2 aromatic rings. The summed E-state index contributed by atoms with van der Waals surface area (Å²) in [5.74, 6) is 0. The Morgan fingerprint density at radius 1 is 0.667 bits per heavy atom. The Kier molecular flexibility index (Phi) is 4.16. The molecule has 0 aliphatic carbocycles. The Balaban J connectivity index is 2.14. The first-order valence-corrected chi connectivity index (χ1v) is 6.52. The van der Waals surface area contributed by atoms with Crippen LogP contribution in [0.2, 0.25) is 0 Å². The Labute approximate surface area is 110 Å². The predicted octanol–water partition coefficient (Wildman–Crippen LogP) is 4.44. The van der Waals surface area contributed by atoms with Gasteiger partial charge in [0.05, 0.1) is 0 Å². The molecule has 0 aliphatic rings. The predicted molar refractivity (Wildman–Crippen MR) is 77.5 cm³/mol. The molecular formula is C17H21N. The maximum Gasteiger partial charge on any atom is 0.0322 e. The fourth-order valence-corrected chi connectivity index (χ4v) is 2.27. The van der Waals surface area contributed by atoms with Crippen LogP contribution in [0.3, 0.4) is 0 Å². The van der Waals surface area contributed by atoms with Gasteiger partial charge in [0.2, 0.25) is 0 Å². The van der Waals surface area contributed by atoms with Crippen LogP contribution in [0, 0.1) is 0 Å². The minimum Gasteiger partial charge on any atom is -0.293 e. The first-order chi connectivity index (χ1) is 8.70. The van der Waals surface area contributed by atoms with Gasteiger partial charge in [-0.1, -0.05) is 60.7 Å². The first kappa shape index (κ1) is 12.8. The number of hydrogen-bond acceptors (Lipinski definition) is 1. The molecule has 0 bridgehead atoms. The van der Waals surface area contributed by atoms with E-state index in [9.17, 15) is 0 Å². The summed E-state index contributed by atoms with van der Waals surface area (Å²) in [6.07, 6.45) is 0. The lowest BCUT2D eigenvalue weighted by Crippen LogP contribution is -2.25. The maximum absolute atomic E-state index is 2.41. The number of benzene rings is 2. The molecule has 1 heteroatoms. The summed E-state index contributed by atoms with van der Waals surface area (Å²) in [4.78, 5) is 2.41. The van der Waals surface area contributed by atoms with Crippen molar-refractivity contribution in [2.45, 2.75) is 25.9 Å². The van der Waals surface area contributed by atoms with Gasteiger partial charge >= 0.3 is 0 Å². The molecule has 0 radical (unpaired) electrons. The fraction of sp³-hybridized carbons (Fsp3) is 0.294. The number of nitrogens with zero attached hydrogens (tertiary/aromatic N) is 1. The Bertz CT molecular complexity index is 418. The third kappa shape index (κ3) is 2.80. The van der Waals surface area contributed by atoms with Gasteiger partial charge in [0.25, 0.3) is 0 Å². The van der Waals surface area contributed by atoms with Crippen LogP contribution < -0.4 is 0 Å². The van der Waals surface area contributed by atoms with Crippen LogP contribution in [0.15, 0.2) is 60.7 Å². The van der Waals surface area contributed by atoms with E-state index >= 15 is 0 Å². The van der Waals surface area contributed by atoms with Gasteiger partial charge in [0.1, 0.15) is 0 Å². The van der Waals surface area contributed by atoms with Crippen molar-refractivity contribution in [1.29, 1.82) is 0 Å². The van der Waals surface area contributed by atoms with Crippen molar-refractivity contribution in [3.63, 3.8) is 0 Å². The standard InChI is InChI=1S/C17H21N/c1-14(16-10-6-4-7-11-16)18(3)15(2)17-12-8-5-9-13-17/h4-15H,1-3H3/t14-,15-/m1/s1. The van der Waals surface area contributed by atoms with E-state index in [1.54, 1.807) is 0 Å². The van der Waals surface area contributed by atoms with Gasteiger partial charge in [0.15, 0.2) is 0 Å². The topological polar surface area (TPSA) is 3.24 Å². The second-order valence-electron chi connectivity index (χ2n) is 4.84. The lowest BCUT2D eigenvalue weighted by atomic mass is 10.0. The molecule has 18 heavy (non-hydrogen) atoms. The molecule has 0 aliphatic heterocycles. The highest BCUT2D eigenvalue weighted by molar-refractivity contribution is 5.21. The largest absolute Gasteiger partial charge is 0.293 e.